The van der Waals surface area contributed by atoms with Crippen LogP contribution in [0.3, 0.4) is 0 Å². The number of hydrogen-bond acceptors (Lipinski definition) is 0. The minimum absolute atomic E-state index is 0.186. The van der Waals surface area contributed by atoms with Gasteiger partial charge in [0.2, 0.25) is 0 Å². The van der Waals surface area contributed by atoms with Gasteiger partial charge in [0, 0.05) is 11.3 Å². The van der Waals surface area contributed by atoms with Crippen molar-refractivity contribution in [1.82, 2.24) is 0 Å². The Bertz CT molecular complexity index is 466. The number of fused-ring (bicyclic) bond motifs is 2. The molecule has 0 nitrogen and oxygen atoms in total. The zero-order chi connectivity index (χ0) is 10.6. The SMILES string of the molecule is CC(C)(C)P1C2C=c3ccccc3=CC21. The maximum absolute atomic E-state index is 2.51. The van der Waals surface area contributed by atoms with E-state index < -0.39 is 0 Å². The van der Waals surface area contributed by atoms with E-state index in [9.17, 15) is 0 Å². The Morgan fingerprint density at radius 3 is 1.80 bits per heavy atom. The van der Waals surface area contributed by atoms with Crippen molar-refractivity contribution in [3.05, 3.63) is 34.7 Å². The van der Waals surface area contributed by atoms with Crippen molar-refractivity contribution in [3.63, 3.8) is 0 Å². The van der Waals surface area contributed by atoms with Crippen molar-refractivity contribution < 1.29 is 0 Å². The first-order valence-electron chi connectivity index (χ1n) is 5.64. The maximum Gasteiger partial charge on any atom is 0.00929 e. The maximum atomic E-state index is 2.51. The lowest BCUT2D eigenvalue weighted by Crippen LogP contribution is -2.27. The summed E-state index contributed by atoms with van der Waals surface area (Å²) in [7, 11) is 0.186. The summed E-state index contributed by atoms with van der Waals surface area (Å²) in [6, 6.07) is 8.78. The first kappa shape index (κ1) is 9.60. The summed E-state index contributed by atoms with van der Waals surface area (Å²) in [5.41, 5.74) is 1.74. The lowest BCUT2D eigenvalue weighted by molar-refractivity contribution is 0.793. The molecule has 0 amide bonds. The second-order valence-corrected chi connectivity index (χ2v) is 8.87. The largest absolute Gasteiger partial charge is 0.0851 e. The van der Waals surface area contributed by atoms with E-state index >= 15 is 0 Å². The Hall–Kier alpha value is -0.610. The van der Waals surface area contributed by atoms with Crippen molar-refractivity contribution in [1.29, 1.82) is 0 Å². The van der Waals surface area contributed by atoms with Gasteiger partial charge in [-0.1, -0.05) is 65.1 Å². The summed E-state index contributed by atoms with van der Waals surface area (Å²) in [5.74, 6) is 0. The summed E-state index contributed by atoms with van der Waals surface area (Å²) >= 11 is 0. The molecule has 0 spiro atoms. The van der Waals surface area contributed by atoms with Gasteiger partial charge >= 0.3 is 0 Å². The minimum atomic E-state index is 0.186. The first-order valence-corrected chi connectivity index (χ1v) is 7.12. The molecule has 1 aliphatic carbocycles. The molecular weight excluding hydrogens is 199 g/mol. The lowest BCUT2D eigenvalue weighted by Gasteiger charge is -2.18. The minimum Gasteiger partial charge on any atom is -0.0851 e. The Morgan fingerprint density at radius 2 is 1.40 bits per heavy atom. The summed E-state index contributed by atoms with van der Waals surface area (Å²) in [6.45, 7) is 7.18. The van der Waals surface area contributed by atoms with E-state index in [2.05, 4.69) is 57.2 Å². The van der Waals surface area contributed by atoms with Gasteiger partial charge in [0.15, 0.2) is 0 Å². The van der Waals surface area contributed by atoms with Crippen LogP contribution in [0.1, 0.15) is 20.8 Å². The van der Waals surface area contributed by atoms with Gasteiger partial charge in [-0.15, -0.1) is 0 Å². The van der Waals surface area contributed by atoms with E-state index in [1.165, 1.54) is 10.4 Å². The highest BCUT2D eigenvalue weighted by Gasteiger charge is 2.53. The summed E-state index contributed by atoms with van der Waals surface area (Å²) in [6.07, 6.45) is 5.02. The van der Waals surface area contributed by atoms with Crippen molar-refractivity contribution in [2.75, 3.05) is 0 Å². The van der Waals surface area contributed by atoms with Crippen LogP contribution in [0.15, 0.2) is 24.3 Å². The predicted octanol–water partition coefficient (Wildman–Crippen LogP) is 2.29. The van der Waals surface area contributed by atoms with Gasteiger partial charge in [-0.2, -0.15) is 0 Å². The summed E-state index contributed by atoms with van der Waals surface area (Å²) in [4.78, 5) is 0. The van der Waals surface area contributed by atoms with Gasteiger partial charge in [0.05, 0.1) is 0 Å². The molecule has 1 aliphatic heterocycles. The van der Waals surface area contributed by atoms with E-state index in [4.69, 9.17) is 0 Å². The zero-order valence-electron chi connectivity index (χ0n) is 9.57. The number of benzene rings is 1. The van der Waals surface area contributed by atoms with Gasteiger partial charge in [0.25, 0.3) is 0 Å². The molecule has 3 rings (SSSR count). The molecule has 78 valence electrons. The van der Waals surface area contributed by atoms with E-state index in [-0.39, 0.29) is 7.92 Å². The topological polar surface area (TPSA) is 0 Å². The molecule has 1 aromatic rings. The molecule has 15 heavy (non-hydrogen) atoms. The fourth-order valence-corrected chi connectivity index (χ4v) is 6.04. The van der Waals surface area contributed by atoms with Gasteiger partial charge < -0.3 is 0 Å². The quantitative estimate of drug-likeness (QED) is 0.584. The molecule has 0 aromatic heterocycles. The Labute approximate surface area is 92.5 Å². The molecule has 1 heterocycles. The van der Waals surface area contributed by atoms with Crippen LogP contribution in [-0.4, -0.2) is 16.5 Å². The highest BCUT2D eigenvalue weighted by Crippen LogP contribution is 2.75. The molecule has 0 N–H and O–H groups in total. The molecule has 2 unspecified atom stereocenters. The van der Waals surface area contributed by atoms with Crippen LogP contribution < -0.4 is 10.4 Å². The zero-order valence-corrected chi connectivity index (χ0v) is 10.5. The Morgan fingerprint density at radius 1 is 0.933 bits per heavy atom. The Kier molecular flexibility index (Phi) is 1.89. The third-order valence-electron chi connectivity index (χ3n) is 3.37. The average Bonchev–Trinajstić information content (AvgIpc) is 2.86. The second-order valence-electron chi connectivity index (χ2n) is 5.52. The molecule has 1 saturated heterocycles. The fraction of sp³-hybridized carbons (Fsp3) is 0.429. The van der Waals surface area contributed by atoms with Crippen molar-refractivity contribution in [2.24, 2.45) is 0 Å². The average molecular weight is 216 g/mol. The third kappa shape index (κ3) is 1.47. The first-order chi connectivity index (χ1) is 7.07. The molecule has 1 heteroatoms. The number of hydrogen-bond donors (Lipinski definition) is 0. The van der Waals surface area contributed by atoms with Crippen LogP contribution >= 0.6 is 7.92 Å². The van der Waals surface area contributed by atoms with Crippen LogP contribution in [0.25, 0.3) is 12.2 Å². The smallest absolute Gasteiger partial charge is 0.00929 e. The molecule has 0 radical (unpaired) electrons. The standard InChI is InChI=1S/C14H17P/c1-14(2,3)15-12-8-10-6-4-5-7-11(10)9-13(12)15/h4-9,12-13H,1-3H3. The second kappa shape index (κ2) is 2.95. The molecule has 2 atom stereocenters. The monoisotopic (exact) mass is 216 g/mol. The molecule has 1 fully saturated rings. The highest BCUT2D eigenvalue weighted by molar-refractivity contribution is 7.70. The van der Waals surface area contributed by atoms with E-state index in [0.29, 0.717) is 5.16 Å². The lowest BCUT2D eigenvalue weighted by atomic mass is 10.1. The summed E-state index contributed by atoms with van der Waals surface area (Å²) in [5, 5.41) is 3.42. The highest BCUT2D eigenvalue weighted by atomic mass is 31.1. The van der Waals surface area contributed by atoms with Gasteiger partial charge in [-0.25, -0.2) is 0 Å². The fourth-order valence-electron chi connectivity index (χ4n) is 2.70. The molecule has 0 bridgehead atoms. The van der Waals surface area contributed by atoms with Gasteiger partial charge in [-0.3, -0.25) is 0 Å². The van der Waals surface area contributed by atoms with Crippen molar-refractivity contribution in [3.8, 4) is 0 Å². The van der Waals surface area contributed by atoms with Crippen LogP contribution in [-0.2, 0) is 0 Å². The summed E-state index contributed by atoms with van der Waals surface area (Å²) < 4.78 is 0. The van der Waals surface area contributed by atoms with E-state index in [1.807, 2.05) is 0 Å². The molecular formula is C14H17P. The van der Waals surface area contributed by atoms with E-state index in [0.717, 1.165) is 11.3 Å². The van der Waals surface area contributed by atoms with Gasteiger partial charge in [-0.05, 0) is 15.6 Å². The van der Waals surface area contributed by atoms with Crippen LogP contribution in [0.5, 0.6) is 0 Å². The Balaban J connectivity index is 2.07. The number of rotatable bonds is 0. The normalized spacial score (nSPS) is 32.1. The van der Waals surface area contributed by atoms with Crippen molar-refractivity contribution in [2.45, 2.75) is 37.2 Å². The predicted molar refractivity (Wildman–Crippen MR) is 68.9 cm³/mol. The van der Waals surface area contributed by atoms with Crippen LogP contribution in [0, 0.1) is 0 Å². The molecule has 0 saturated carbocycles. The third-order valence-corrected chi connectivity index (χ3v) is 6.80. The molecule has 2 aliphatic rings. The van der Waals surface area contributed by atoms with Crippen LogP contribution in [0.4, 0.5) is 0 Å². The van der Waals surface area contributed by atoms with Crippen molar-refractivity contribution >= 4 is 20.1 Å². The van der Waals surface area contributed by atoms with Gasteiger partial charge in [0.1, 0.15) is 0 Å². The molecule has 1 aromatic carbocycles. The van der Waals surface area contributed by atoms with E-state index in [1.54, 1.807) is 0 Å². The van der Waals surface area contributed by atoms with Crippen LogP contribution in [0.2, 0.25) is 0 Å².